The molecule has 0 aliphatic carbocycles. The van der Waals surface area contributed by atoms with Gasteiger partial charge in [0.2, 0.25) is 0 Å². The maximum atomic E-state index is 13.4. The third-order valence-corrected chi connectivity index (χ3v) is 6.16. The molecule has 132 valence electrons. The van der Waals surface area contributed by atoms with Crippen LogP contribution in [0.25, 0.3) is 10.9 Å². The van der Waals surface area contributed by atoms with Gasteiger partial charge in [-0.15, -0.1) is 0 Å². The number of nitrogens with zero attached hydrogens (tertiary/aromatic N) is 2. The first-order chi connectivity index (χ1) is 12.1. The summed E-state index contributed by atoms with van der Waals surface area (Å²) in [6, 6.07) is 7.27. The molecule has 2 bridgehead atoms. The molecule has 1 aromatic heterocycles. The topological polar surface area (TPSA) is 42.4 Å². The van der Waals surface area contributed by atoms with Crippen molar-refractivity contribution < 1.29 is 9.53 Å². The highest BCUT2D eigenvalue weighted by atomic mass is 35.5. The molecule has 1 aromatic carbocycles. The predicted octanol–water partition coefficient (Wildman–Crippen LogP) is 4.20. The van der Waals surface area contributed by atoms with E-state index in [1.165, 1.54) is 12.8 Å². The predicted molar refractivity (Wildman–Crippen MR) is 99.5 cm³/mol. The van der Waals surface area contributed by atoms with Gasteiger partial charge in [0.25, 0.3) is 0 Å². The van der Waals surface area contributed by atoms with E-state index in [1.54, 1.807) is 13.2 Å². The van der Waals surface area contributed by atoms with Gasteiger partial charge >= 0.3 is 0 Å². The number of methoxy groups -OCH3 is 1. The van der Waals surface area contributed by atoms with Crippen molar-refractivity contribution in [1.82, 2.24) is 9.88 Å². The normalized spacial score (nSPS) is 28.3. The van der Waals surface area contributed by atoms with E-state index >= 15 is 0 Å². The lowest BCUT2D eigenvalue weighted by molar-refractivity contribution is 0.00515. The Balaban J connectivity index is 1.73. The smallest absolute Gasteiger partial charge is 0.180 e. The first kappa shape index (κ1) is 16.8. The van der Waals surface area contributed by atoms with Crippen LogP contribution in [0.3, 0.4) is 0 Å². The Kier molecular flexibility index (Phi) is 4.42. The lowest BCUT2D eigenvalue weighted by Gasteiger charge is -2.49. The van der Waals surface area contributed by atoms with Gasteiger partial charge in [0.05, 0.1) is 18.7 Å². The molecule has 3 saturated heterocycles. The van der Waals surface area contributed by atoms with Gasteiger partial charge in [0, 0.05) is 17.5 Å². The van der Waals surface area contributed by atoms with Crippen molar-refractivity contribution in [3.8, 4) is 5.75 Å². The molecule has 0 spiro atoms. The molecular formula is C20H23ClN2O2. The Morgan fingerprint density at radius 3 is 2.92 bits per heavy atom. The van der Waals surface area contributed by atoms with Crippen LogP contribution in [0.1, 0.15) is 36.5 Å². The number of Topliss-reactive ketones (excluding diaryl/α,β-unsaturated/α-hetero) is 1. The largest absolute Gasteiger partial charge is 0.497 e. The molecule has 2 aromatic rings. The molecule has 5 heteroatoms. The molecule has 4 unspecified atom stereocenters. The fourth-order valence-corrected chi connectivity index (χ4v) is 4.76. The Morgan fingerprint density at radius 2 is 2.24 bits per heavy atom. The number of benzene rings is 1. The van der Waals surface area contributed by atoms with E-state index in [9.17, 15) is 4.79 Å². The van der Waals surface area contributed by atoms with Crippen LogP contribution in [-0.2, 0) is 0 Å². The Hall–Kier alpha value is -1.65. The highest BCUT2D eigenvalue weighted by Gasteiger charge is 2.42. The zero-order valence-electron chi connectivity index (χ0n) is 14.7. The van der Waals surface area contributed by atoms with Crippen molar-refractivity contribution >= 4 is 28.3 Å². The van der Waals surface area contributed by atoms with E-state index < -0.39 is 0 Å². The van der Waals surface area contributed by atoms with Crippen LogP contribution in [0.2, 0.25) is 5.15 Å². The molecule has 25 heavy (non-hydrogen) atoms. The Bertz CT molecular complexity index is 823. The van der Waals surface area contributed by atoms with Crippen LogP contribution in [0.15, 0.2) is 24.3 Å². The number of rotatable bonds is 4. The van der Waals surface area contributed by atoms with Crippen molar-refractivity contribution in [2.45, 2.75) is 32.2 Å². The molecule has 3 aliphatic rings. The van der Waals surface area contributed by atoms with E-state index in [1.807, 2.05) is 18.2 Å². The molecule has 3 aliphatic heterocycles. The van der Waals surface area contributed by atoms with Gasteiger partial charge in [-0.1, -0.05) is 24.9 Å². The fourth-order valence-electron chi connectivity index (χ4n) is 4.56. The summed E-state index contributed by atoms with van der Waals surface area (Å²) >= 11 is 6.20. The zero-order chi connectivity index (χ0) is 17.6. The summed E-state index contributed by atoms with van der Waals surface area (Å²) in [6.07, 6.45) is 3.37. The third-order valence-electron chi connectivity index (χ3n) is 5.97. The van der Waals surface area contributed by atoms with Crippen molar-refractivity contribution in [3.05, 3.63) is 35.0 Å². The van der Waals surface area contributed by atoms with Crippen molar-refractivity contribution in [3.63, 3.8) is 0 Å². The van der Waals surface area contributed by atoms with Crippen LogP contribution in [0.5, 0.6) is 5.75 Å². The Labute approximate surface area is 153 Å². The molecular weight excluding hydrogens is 336 g/mol. The van der Waals surface area contributed by atoms with Gasteiger partial charge in [-0.2, -0.15) is 0 Å². The van der Waals surface area contributed by atoms with Gasteiger partial charge in [0.15, 0.2) is 5.78 Å². The van der Waals surface area contributed by atoms with Gasteiger partial charge in [-0.3, -0.25) is 9.69 Å². The molecule has 0 N–H and O–H groups in total. The second-order valence-electron chi connectivity index (χ2n) is 7.20. The number of ketones is 1. The van der Waals surface area contributed by atoms with E-state index in [0.29, 0.717) is 16.6 Å². The lowest BCUT2D eigenvalue weighted by atomic mass is 9.73. The average molecular weight is 359 g/mol. The number of fused-ring (bicyclic) bond motifs is 4. The summed E-state index contributed by atoms with van der Waals surface area (Å²) in [7, 11) is 1.63. The minimum atomic E-state index is -0.0329. The SMILES string of the molecule is CCC1CN2CCC1CC2C(=O)c1cc(Cl)nc2ccc(OC)cc12. The van der Waals surface area contributed by atoms with E-state index in [4.69, 9.17) is 16.3 Å². The van der Waals surface area contributed by atoms with Gasteiger partial charge in [-0.05, 0) is 55.5 Å². The molecule has 0 saturated carbocycles. The molecule has 4 atom stereocenters. The first-order valence-electron chi connectivity index (χ1n) is 9.03. The summed E-state index contributed by atoms with van der Waals surface area (Å²) in [5.74, 6) is 2.29. The van der Waals surface area contributed by atoms with Crippen molar-refractivity contribution in [1.29, 1.82) is 0 Å². The number of carbonyl (C=O) groups is 1. The minimum Gasteiger partial charge on any atom is -0.497 e. The number of carbonyl (C=O) groups excluding carboxylic acids is 1. The number of ether oxygens (including phenoxy) is 1. The molecule has 0 radical (unpaired) electrons. The maximum absolute atomic E-state index is 13.4. The van der Waals surface area contributed by atoms with Gasteiger partial charge < -0.3 is 4.74 Å². The second kappa shape index (κ2) is 6.58. The summed E-state index contributed by atoms with van der Waals surface area (Å²) in [5, 5.41) is 1.19. The zero-order valence-corrected chi connectivity index (χ0v) is 15.4. The second-order valence-corrected chi connectivity index (χ2v) is 7.59. The van der Waals surface area contributed by atoms with Crippen LogP contribution in [0, 0.1) is 11.8 Å². The molecule has 0 amide bonds. The van der Waals surface area contributed by atoms with Gasteiger partial charge in [-0.25, -0.2) is 4.98 Å². The monoisotopic (exact) mass is 358 g/mol. The summed E-state index contributed by atoms with van der Waals surface area (Å²) in [4.78, 5) is 20.1. The highest BCUT2D eigenvalue weighted by Crippen LogP contribution is 2.39. The number of aromatic nitrogens is 1. The van der Waals surface area contributed by atoms with Crippen LogP contribution in [-0.4, -0.2) is 41.9 Å². The molecule has 3 fully saturated rings. The molecule has 5 rings (SSSR count). The number of hydrogen-bond donors (Lipinski definition) is 0. The third kappa shape index (κ3) is 2.91. The van der Waals surface area contributed by atoms with Crippen molar-refractivity contribution in [2.75, 3.05) is 20.2 Å². The van der Waals surface area contributed by atoms with E-state index in [-0.39, 0.29) is 11.8 Å². The maximum Gasteiger partial charge on any atom is 0.180 e. The molecule has 4 nitrogen and oxygen atoms in total. The lowest BCUT2D eigenvalue weighted by Crippen LogP contribution is -2.56. The average Bonchev–Trinajstić information content (AvgIpc) is 2.66. The van der Waals surface area contributed by atoms with Crippen molar-refractivity contribution in [2.24, 2.45) is 11.8 Å². The summed E-state index contributed by atoms with van der Waals surface area (Å²) < 4.78 is 5.33. The minimum absolute atomic E-state index is 0.0329. The quantitative estimate of drug-likeness (QED) is 0.606. The molecule has 4 heterocycles. The number of piperidine rings is 3. The van der Waals surface area contributed by atoms with Crippen LogP contribution < -0.4 is 4.74 Å². The number of pyridine rings is 1. The van der Waals surface area contributed by atoms with E-state index in [0.717, 1.165) is 42.1 Å². The van der Waals surface area contributed by atoms with Gasteiger partial charge in [0.1, 0.15) is 10.9 Å². The highest BCUT2D eigenvalue weighted by molar-refractivity contribution is 6.30. The van der Waals surface area contributed by atoms with E-state index in [2.05, 4.69) is 16.8 Å². The van der Waals surface area contributed by atoms with Crippen LogP contribution >= 0.6 is 11.6 Å². The fraction of sp³-hybridized carbons (Fsp3) is 0.500. The first-order valence-corrected chi connectivity index (χ1v) is 9.41. The number of hydrogen-bond acceptors (Lipinski definition) is 4. The Morgan fingerprint density at radius 1 is 1.40 bits per heavy atom. The summed E-state index contributed by atoms with van der Waals surface area (Å²) in [6.45, 7) is 4.32. The standard InChI is InChI=1S/C20H23ClN2O2/c1-3-12-11-23-7-6-13(12)8-18(23)20(24)16-10-19(21)22-17-5-4-14(25-2)9-15(16)17/h4-5,9-10,12-13,18H,3,6-8,11H2,1-2H3. The van der Waals surface area contributed by atoms with Crippen LogP contribution in [0.4, 0.5) is 0 Å². The number of halogens is 1. The summed E-state index contributed by atoms with van der Waals surface area (Å²) in [5.41, 5.74) is 1.40.